The molecule has 0 spiro atoms. The topological polar surface area (TPSA) is 117 Å². The normalized spacial score (nSPS) is 11.8. The van der Waals surface area contributed by atoms with Gasteiger partial charge in [0.25, 0.3) is 11.8 Å². The zero-order chi connectivity index (χ0) is 25.1. The highest BCUT2D eigenvalue weighted by atomic mass is 16.3. The van der Waals surface area contributed by atoms with E-state index in [2.05, 4.69) is 20.9 Å². The first-order valence-corrected chi connectivity index (χ1v) is 11.8. The fraction of sp³-hybridized carbons (Fsp3) is 0.520. The van der Waals surface area contributed by atoms with Gasteiger partial charge in [-0.05, 0) is 50.4 Å². The molecule has 1 aromatic carbocycles. The third-order valence-corrected chi connectivity index (χ3v) is 5.15. The molecule has 9 heteroatoms. The molecule has 0 aliphatic carbocycles. The van der Waals surface area contributed by atoms with E-state index in [-0.39, 0.29) is 30.3 Å². The van der Waals surface area contributed by atoms with Crippen LogP contribution in [-0.4, -0.2) is 66.9 Å². The van der Waals surface area contributed by atoms with Crippen LogP contribution in [0.3, 0.4) is 0 Å². The van der Waals surface area contributed by atoms with Gasteiger partial charge in [0.05, 0.1) is 12.7 Å². The van der Waals surface area contributed by atoms with E-state index in [9.17, 15) is 14.4 Å². The van der Waals surface area contributed by atoms with Crippen LogP contribution in [0.15, 0.2) is 35.1 Å². The van der Waals surface area contributed by atoms with Gasteiger partial charge in [0, 0.05) is 42.9 Å². The molecule has 2 rings (SSSR count). The van der Waals surface area contributed by atoms with Crippen LogP contribution < -0.4 is 16.0 Å². The zero-order valence-corrected chi connectivity index (χ0v) is 20.8. The van der Waals surface area contributed by atoms with Gasteiger partial charge < -0.3 is 25.3 Å². The Kier molecular flexibility index (Phi) is 10.7. The molecule has 2 aromatic rings. The molecule has 1 heterocycles. The molecule has 1 unspecified atom stereocenters. The number of carbonyl (C=O) groups excluding carboxylic acids is 3. The summed E-state index contributed by atoms with van der Waals surface area (Å²) in [6.45, 7) is 10.1. The quantitative estimate of drug-likeness (QED) is 0.387. The smallest absolute Gasteiger partial charge is 0.253 e. The minimum absolute atomic E-state index is 0.0426. The molecule has 1 aromatic heterocycles. The molecular formula is C25H37N5O4. The zero-order valence-electron chi connectivity index (χ0n) is 20.8. The molecule has 34 heavy (non-hydrogen) atoms. The summed E-state index contributed by atoms with van der Waals surface area (Å²) in [6, 6.07) is 4.82. The Hall–Kier alpha value is -3.20. The van der Waals surface area contributed by atoms with E-state index < -0.39 is 0 Å². The SMILES string of the molecule is CCCN(C)C(=O)c1cc(C(=O)NC(C)CCNCC(=O)NCC(C)C)cc(-c2ncco2)c1. The monoisotopic (exact) mass is 471 g/mol. The average Bonchev–Trinajstić information content (AvgIpc) is 3.35. The lowest BCUT2D eigenvalue weighted by Crippen LogP contribution is -2.38. The first-order valence-electron chi connectivity index (χ1n) is 11.8. The van der Waals surface area contributed by atoms with Gasteiger partial charge >= 0.3 is 0 Å². The number of oxazole rings is 1. The van der Waals surface area contributed by atoms with Crippen molar-refractivity contribution in [3.05, 3.63) is 41.8 Å². The summed E-state index contributed by atoms with van der Waals surface area (Å²) in [7, 11) is 1.74. The van der Waals surface area contributed by atoms with Crippen LogP contribution in [0.4, 0.5) is 0 Å². The minimum Gasteiger partial charge on any atom is -0.445 e. The second-order valence-electron chi connectivity index (χ2n) is 8.90. The van der Waals surface area contributed by atoms with E-state index in [4.69, 9.17) is 4.42 Å². The second kappa shape index (κ2) is 13.5. The number of hydrogen-bond donors (Lipinski definition) is 3. The van der Waals surface area contributed by atoms with Crippen molar-refractivity contribution in [1.29, 1.82) is 0 Å². The molecular weight excluding hydrogens is 434 g/mol. The van der Waals surface area contributed by atoms with Crippen molar-refractivity contribution in [1.82, 2.24) is 25.8 Å². The van der Waals surface area contributed by atoms with Gasteiger partial charge in [-0.15, -0.1) is 0 Å². The molecule has 3 N–H and O–H groups in total. The summed E-state index contributed by atoms with van der Waals surface area (Å²) in [5.74, 6) is 0.248. The maximum atomic E-state index is 13.0. The molecule has 0 aliphatic heterocycles. The molecule has 0 saturated carbocycles. The predicted octanol–water partition coefficient (Wildman–Crippen LogP) is 2.69. The van der Waals surface area contributed by atoms with Crippen LogP contribution >= 0.6 is 0 Å². The summed E-state index contributed by atoms with van der Waals surface area (Å²) in [5, 5.41) is 8.91. The molecule has 0 aliphatic rings. The van der Waals surface area contributed by atoms with Gasteiger partial charge in [-0.3, -0.25) is 14.4 Å². The van der Waals surface area contributed by atoms with Crippen molar-refractivity contribution in [2.24, 2.45) is 5.92 Å². The van der Waals surface area contributed by atoms with Gasteiger partial charge in [-0.1, -0.05) is 20.8 Å². The second-order valence-corrected chi connectivity index (χ2v) is 8.90. The van der Waals surface area contributed by atoms with E-state index in [1.54, 1.807) is 30.1 Å². The Morgan fingerprint density at radius 1 is 1.12 bits per heavy atom. The molecule has 0 bridgehead atoms. The lowest BCUT2D eigenvalue weighted by Gasteiger charge is -2.18. The summed E-state index contributed by atoms with van der Waals surface area (Å²) in [5.41, 5.74) is 1.32. The summed E-state index contributed by atoms with van der Waals surface area (Å²) < 4.78 is 5.38. The van der Waals surface area contributed by atoms with Crippen LogP contribution in [0.1, 0.15) is 61.3 Å². The fourth-order valence-electron chi connectivity index (χ4n) is 3.31. The molecule has 0 saturated heterocycles. The van der Waals surface area contributed by atoms with E-state index in [1.165, 1.54) is 12.5 Å². The molecule has 186 valence electrons. The number of nitrogens with one attached hydrogen (secondary N) is 3. The van der Waals surface area contributed by atoms with Crippen LogP contribution in [0.5, 0.6) is 0 Å². The maximum Gasteiger partial charge on any atom is 0.253 e. The van der Waals surface area contributed by atoms with Crippen molar-refractivity contribution in [3.8, 4) is 11.5 Å². The number of nitrogens with zero attached hydrogens (tertiary/aromatic N) is 2. The van der Waals surface area contributed by atoms with Crippen LogP contribution in [0.2, 0.25) is 0 Å². The third kappa shape index (κ3) is 8.62. The molecule has 0 fully saturated rings. The Labute approximate surface area is 201 Å². The highest BCUT2D eigenvalue weighted by Gasteiger charge is 2.19. The highest BCUT2D eigenvalue weighted by Crippen LogP contribution is 2.22. The Morgan fingerprint density at radius 3 is 2.50 bits per heavy atom. The number of amides is 3. The number of carbonyl (C=O) groups is 3. The van der Waals surface area contributed by atoms with Crippen molar-refractivity contribution in [2.75, 3.05) is 33.2 Å². The van der Waals surface area contributed by atoms with Crippen molar-refractivity contribution >= 4 is 17.7 Å². The Balaban J connectivity index is 2.01. The number of rotatable bonds is 13. The van der Waals surface area contributed by atoms with Gasteiger partial charge in [0.2, 0.25) is 11.8 Å². The van der Waals surface area contributed by atoms with E-state index in [0.29, 0.717) is 54.6 Å². The van der Waals surface area contributed by atoms with E-state index in [1.807, 2.05) is 27.7 Å². The van der Waals surface area contributed by atoms with E-state index >= 15 is 0 Å². The fourth-order valence-corrected chi connectivity index (χ4v) is 3.31. The molecule has 3 amide bonds. The van der Waals surface area contributed by atoms with Crippen molar-refractivity contribution in [3.63, 3.8) is 0 Å². The van der Waals surface area contributed by atoms with Gasteiger partial charge in [-0.2, -0.15) is 0 Å². The van der Waals surface area contributed by atoms with Gasteiger partial charge in [-0.25, -0.2) is 4.98 Å². The number of benzene rings is 1. The minimum atomic E-state index is -0.289. The largest absolute Gasteiger partial charge is 0.445 e. The highest BCUT2D eigenvalue weighted by molar-refractivity contribution is 6.01. The number of hydrogen-bond acceptors (Lipinski definition) is 6. The van der Waals surface area contributed by atoms with E-state index in [0.717, 1.165) is 6.42 Å². The Morgan fingerprint density at radius 2 is 1.85 bits per heavy atom. The van der Waals surface area contributed by atoms with Crippen LogP contribution in [-0.2, 0) is 4.79 Å². The molecule has 1 atom stereocenters. The lowest BCUT2D eigenvalue weighted by atomic mass is 10.0. The predicted molar refractivity (Wildman–Crippen MR) is 131 cm³/mol. The number of aromatic nitrogens is 1. The van der Waals surface area contributed by atoms with Gasteiger partial charge in [0.15, 0.2) is 0 Å². The van der Waals surface area contributed by atoms with Crippen molar-refractivity contribution < 1.29 is 18.8 Å². The maximum absolute atomic E-state index is 13.0. The summed E-state index contributed by atoms with van der Waals surface area (Å²) in [6.07, 6.45) is 4.45. The van der Waals surface area contributed by atoms with Gasteiger partial charge in [0.1, 0.15) is 6.26 Å². The summed E-state index contributed by atoms with van der Waals surface area (Å²) in [4.78, 5) is 43.4. The lowest BCUT2D eigenvalue weighted by molar-refractivity contribution is -0.120. The third-order valence-electron chi connectivity index (χ3n) is 5.15. The first-order chi connectivity index (χ1) is 16.2. The molecule has 0 radical (unpaired) electrons. The summed E-state index contributed by atoms with van der Waals surface area (Å²) >= 11 is 0. The van der Waals surface area contributed by atoms with Crippen molar-refractivity contribution in [2.45, 2.75) is 46.6 Å². The van der Waals surface area contributed by atoms with Crippen LogP contribution in [0, 0.1) is 5.92 Å². The Bertz CT molecular complexity index is 943. The average molecular weight is 472 g/mol. The first kappa shape index (κ1) is 27.0. The standard InChI is InChI=1S/C25H37N5O4/c1-6-10-30(5)25(33)21-13-19(12-20(14-21)24-27-9-11-34-24)23(32)29-18(4)7-8-26-16-22(31)28-15-17(2)3/h9,11-14,17-18,26H,6-8,10,15-16H2,1-5H3,(H,28,31)(H,29,32). The van der Waals surface area contributed by atoms with Crippen LogP contribution in [0.25, 0.3) is 11.5 Å². The molecule has 9 nitrogen and oxygen atoms in total.